The lowest BCUT2D eigenvalue weighted by Crippen LogP contribution is -2.13. The molecule has 160 valence electrons. The molecular weight excluding hydrogens is 396 g/mol. The maximum Gasteiger partial charge on any atom is 0.0168 e. The van der Waals surface area contributed by atoms with Crippen molar-refractivity contribution >= 4 is 0 Å². The average molecular weight is 425 g/mol. The van der Waals surface area contributed by atoms with E-state index in [1.807, 2.05) is 0 Å². The molecule has 0 heterocycles. The number of hydrogen-bond acceptors (Lipinski definition) is 0. The molecule has 5 aromatic rings. The van der Waals surface area contributed by atoms with Crippen molar-refractivity contribution in [3.8, 4) is 22.3 Å². The lowest BCUT2D eigenvalue weighted by Gasteiger charge is -2.29. The largest absolute Gasteiger partial charge is 0.0622 e. The quantitative estimate of drug-likeness (QED) is 0.255. The summed E-state index contributed by atoms with van der Waals surface area (Å²) in [7, 11) is 0. The van der Waals surface area contributed by atoms with E-state index in [2.05, 4.69) is 146 Å². The molecular formula is C33H28. The standard InChI is InChI=1S/C33H28/c1-25(26-15-5-2-6-16-26)33(31-23-13-11-21-29(31)27-17-7-3-8-18-27)32-24-14-12-22-30(32)28-19-9-4-10-20-28/h2-25,33H,1H3. The summed E-state index contributed by atoms with van der Waals surface area (Å²) < 4.78 is 0. The molecule has 5 aromatic carbocycles. The summed E-state index contributed by atoms with van der Waals surface area (Å²) in [5.41, 5.74) is 9.20. The summed E-state index contributed by atoms with van der Waals surface area (Å²) in [5.74, 6) is 0.515. The Hall–Kier alpha value is -3.90. The van der Waals surface area contributed by atoms with Crippen LogP contribution in [0.1, 0.15) is 35.4 Å². The minimum Gasteiger partial charge on any atom is -0.0622 e. The molecule has 0 aliphatic carbocycles. The molecule has 0 fully saturated rings. The second-order valence-corrected chi connectivity index (χ2v) is 8.58. The summed E-state index contributed by atoms with van der Waals surface area (Å²) in [5, 5.41) is 0. The highest BCUT2D eigenvalue weighted by Gasteiger charge is 2.27. The van der Waals surface area contributed by atoms with Crippen LogP contribution in [0.4, 0.5) is 0 Å². The molecule has 0 aliphatic heterocycles. The van der Waals surface area contributed by atoms with Crippen LogP contribution in [0.2, 0.25) is 0 Å². The van der Waals surface area contributed by atoms with E-state index in [-0.39, 0.29) is 5.92 Å². The SMILES string of the molecule is CC(c1ccccc1)C(c1ccccc1-c1ccccc1)c1ccccc1-c1ccccc1. The number of hydrogen-bond donors (Lipinski definition) is 0. The highest BCUT2D eigenvalue weighted by molar-refractivity contribution is 5.73. The molecule has 0 bridgehead atoms. The van der Waals surface area contributed by atoms with Crippen LogP contribution in [0.3, 0.4) is 0 Å². The van der Waals surface area contributed by atoms with Crippen molar-refractivity contribution < 1.29 is 0 Å². The molecule has 0 radical (unpaired) electrons. The van der Waals surface area contributed by atoms with E-state index in [4.69, 9.17) is 0 Å². The van der Waals surface area contributed by atoms with Crippen LogP contribution in [0.5, 0.6) is 0 Å². The zero-order valence-electron chi connectivity index (χ0n) is 18.9. The highest BCUT2D eigenvalue weighted by atomic mass is 14.3. The Kier molecular flexibility index (Phi) is 6.17. The molecule has 0 heteroatoms. The smallest absolute Gasteiger partial charge is 0.0168 e. The Bertz CT molecular complexity index is 1220. The van der Waals surface area contributed by atoms with Crippen molar-refractivity contribution in [1.82, 2.24) is 0 Å². The predicted octanol–water partition coefficient (Wildman–Crippen LogP) is 8.96. The van der Waals surface area contributed by atoms with Gasteiger partial charge in [-0.3, -0.25) is 0 Å². The van der Waals surface area contributed by atoms with Gasteiger partial charge in [-0.1, -0.05) is 146 Å². The Balaban J connectivity index is 1.75. The zero-order valence-corrected chi connectivity index (χ0v) is 18.9. The molecule has 0 nitrogen and oxygen atoms in total. The van der Waals surface area contributed by atoms with Gasteiger partial charge in [0.25, 0.3) is 0 Å². The molecule has 0 N–H and O–H groups in total. The van der Waals surface area contributed by atoms with Gasteiger partial charge in [0.15, 0.2) is 0 Å². The van der Waals surface area contributed by atoms with Crippen LogP contribution in [0.15, 0.2) is 140 Å². The van der Waals surface area contributed by atoms with E-state index in [1.54, 1.807) is 0 Å². The molecule has 33 heavy (non-hydrogen) atoms. The van der Waals surface area contributed by atoms with Crippen molar-refractivity contribution in [2.45, 2.75) is 18.8 Å². The van der Waals surface area contributed by atoms with Crippen molar-refractivity contribution in [2.24, 2.45) is 0 Å². The van der Waals surface area contributed by atoms with Gasteiger partial charge in [0.1, 0.15) is 0 Å². The van der Waals surface area contributed by atoms with E-state index in [0.717, 1.165) is 0 Å². The first-order valence-corrected chi connectivity index (χ1v) is 11.7. The molecule has 0 aromatic heterocycles. The lowest BCUT2D eigenvalue weighted by atomic mass is 9.74. The van der Waals surface area contributed by atoms with Gasteiger partial charge in [0.05, 0.1) is 0 Å². The van der Waals surface area contributed by atoms with Crippen LogP contribution in [0.25, 0.3) is 22.3 Å². The first-order chi connectivity index (χ1) is 16.3. The van der Waals surface area contributed by atoms with E-state index in [0.29, 0.717) is 5.92 Å². The molecule has 5 rings (SSSR count). The summed E-state index contributed by atoms with van der Waals surface area (Å²) in [6.07, 6.45) is 0. The molecule has 0 amide bonds. The van der Waals surface area contributed by atoms with Gasteiger partial charge in [-0.25, -0.2) is 0 Å². The summed E-state index contributed by atoms with van der Waals surface area (Å²) in [6.45, 7) is 2.36. The Morgan fingerprint density at radius 2 is 0.758 bits per heavy atom. The third kappa shape index (κ3) is 4.38. The summed E-state index contributed by atoms with van der Waals surface area (Å²) in [4.78, 5) is 0. The average Bonchev–Trinajstić information content (AvgIpc) is 2.91. The molecule has 0 saturated carbocycles. The van der Waals surface area contributed by atoms with Gasteiger partial charge in [0, 0.05) is 5.92 Å². The Labute approximate surface area is 197 Å². The van der Waals surface area contributed by atoms with E-state index in [9.17, 15) is 0 Å². The normalized spacial score (nSPS) is 11.9. The van der Waals surface area contributed by atoms with E-state index < -0.39 is 0 Å². The first kappa shape index (κ1) is 21.0. The molecule has 1 unspecified atom stereocenters. The Morgan fingerprint density at radius 3 is 1.21 bits per heavy atom. The van der Waals surface area contributed by atoms with Gasteiger partial charge in [0.2, 0.25) is 0 Å². The van der Waals surface area contributed by atoms with E-state index in [1.165, 1.54) is 38.9 Å². The van der Waals surface area contributed by atoms with Crippen molar-refractivity contribution in [3.05, 3.63) is 156 Å². The van der Waals surface area contributed by atoms with Gasteiger partial charge in [-0.2, -0.15) is 0 Å². The number of benzene rings is 5. The fourth-order valence-electron chi connectivity index (χ4n) is 4.95. The second-order valence-electron chi connectivity index (χ2n) is 8.58. The first-order valence-electron chi connectivity index (χ1n) is 11.7. The van der Waals surface area contributed by atoms with Crippen LogP contribution in [-0.4, -0.2) is 0 Å². The topological polar surface area (TPSA) is 0 Å². The van der Waals surface area contributed by atoms with Crippen molar-refractivity contribution in [3.63, 3.8) is 0 Å². The van der Waals surface area contributed by atoms with Crippen molar-refractivity contribution in [2.75, 3.05) is 0 Å². The molecule has 0 aliphatic rings. The second kappa shape index (κ2) is 9.71. The molecule has 0 spiro atoms. The monoisotopic (exact) mass is 424 g/mol. The third-order valence-electron chi connectivity index (χ3n) is 6.59. The van der Waals surface area contributed by atoms with E-state index >= 15 is 0 Å². The third-order valence-corrected chi connectivity index (χ3v) is 6.59. The van der Waals surface area contributed by atoms with Crippen LogP contribution in [-0.2, 0) is 0 Å². The van der Waals surface area contributed by atoms with Gasteiger partial charge in [-0.05, 0) is 44.9 Å². The van der Waals surface area contributed by atoms with Crippen LogP contribution < -0.4 is 0 Å². The fourth-order valence-corrected chi connectivity index (χ4v) is 4.95. The molecule has 1 atom stereocenters. The van der Waals surface area contributed by atoms with Crippen molar-refractivity contribution in [1.29, 1.82) is 0 Å². The minimum atomic E-state index is 0.209. The fraction of sp³-hybridized carbons (Fsp3) is 0.0909. The van der Waals surface area contributed by atoms with Gasteiger partial charge < -0.3 is 0 Å². The van der Waals surface area contributed by atoms with Gasteiger partial charge >= 0.3 is 0 Å². The highest BCUT2D eigenvalue weighted by Crippen LogP contribution is 2.45. The van der Waals surface area contributed by atoms with Gasteiger partial charge in [-0.15, -0.1) is 0 Å². The minimum absolute atomic E-state index is 0.209. The maximum absolute atomic E-state index is 2.36. The zero-order chi connectivity index (χ0) is 22.5. The summed E-state index contributed by atoms with van der Waals surface area (Å²) >= 11 is 0. The maximum atomic E-state index is 2.36. The van der Waals surface area contributed by atoms with Crippen LogP contribution in [0, 0.1) is 0 Å². The number of rotatable bonds is 6. The Morgan fingerprint density at radius 1 is 0.394 bits per heavy atom. The summed E-state index contributed by atoms with van der Waals surface area (Å²) in [6, 6.07) is 50.3. The lowest BCUT2D eigenvalue weighted by molar-refractivity contribution is 0.660. The molecule has 0 saturated heterocycles. The van der Waals surface area contributed by atoms with Crippen LogP contribution >= 0.6 is 0 Å². The predicted molar refractivity (Wildman–Crippen MR) is 140 cm³/mol.